The van der Waals surface area contributed by atoms with Gasteiger partial charge in [-0.1, -0.05) is 29.4 Å². The third kappa shape index (κ3) is 6.79. The van der Waals surface area contributed by atoms with Gasteiger partial charge in [-0.15, -0.1) is 0 Å². The zero-order valence-electron chi connectivity index (χ0n) is 11.0. The summed E-state index contributed by atoms with van der Waals surface area (Å²) in [5, 5.41) is 3.52. The van der Waals surface area contributed by atoms with E-state index in [2.05, 4.69) is 10.0 Å². The van der Waals surface area contributed by atoms with Gasteiger partial charge in [-0.05, 0) is 29.5 Å². The summed E-state index contributed by atoms with van der Waals surface area (Å²) in [6, 6.07) is 8.04. The zero-order chi connectivity index (χ0) is 13.9. The van der Waals surface area contributed by atoms with Crippen LogP contribution in [0, 0.1) is 0 Å². The van der Waals surface area contributed by atoms with Crippen molar-refractivity contribution in [3.05, 3.63) is 45.8 Å². The molecule has 0 heterocycles. The maximum Gasteiger partial charge on any atom is 0.0588 e. The van der Waals surface area contributed by atoms with Gasteiger partial charge in [0.2, 0.25) is 0 Å². The van der Waals surface area contributed by atoms with E-state index in [0.717, 1.165) is 18.4 Å². The Bertz CT molecular complexity index is 400. The second-order valence-corrected chi connectivity index (χ2v) is 4.36. The summed E-state index contributed by atoms with van der Waals surface area (Å²) >= 11 is 0. The van der Waals surface area contributed by atoms with Crippen LogP contribution >= 0.6 is 0 Å². The molecule has 0 aliphatic carbocycles. The van der Waals surface area contributed by atoms with Crippen molar-refractivity contribution in [2.24, 2.45) is 16.6 Å². The van der Waals surface area contributed by atoms with Crippen LogP contribution in [-0.4, -0.2) is 25.8 Å². The lowest BCUT2D eigenvalue weighted by Gasteiger charge is -2.12. The summed E-state index contributed by atoms with van der Waals surface area (Å²) in [5.41, 5.74) is 21.8. The number of nitrogens with zero attached hydrogens (tertiary/aromatic N) is 3. The summed E-state index contributed by atoms with van der Waals surface area (Å²) in [6.07, 6.45) is 1.63. The first-order valence-electron chi connectivity index (χ1n) is 6.38. The van der Waals surface area contributed by atoms with Gasteiger partial charge in [-0.3, -0.25) is 0 Å². The van der Waals surface area contributed by atoms with E-state index in [1.165, 1.54) is 5.56 Å². The van der Waals surface area contributed by atoms with Gasteiger partial charge >= 0.3 is 0 Å². The summed E-state index contributed by atoms with van der Waals surface area (Å²) in [7, 11) is 0. The van der Waals surface area contributed by atoms with Gasteiger partial charge in [0.15, 0.2) is 0 Å². The molecular formula is C13H21N5O. The minimum absolute atomic E-state index is 0.0840. The second-order valence-electron chi connectivity index (χ2n) is 4.36. The Kier molecular flexibility index (Phi) is 7.62. The molecule has 1 atom stereocenters. The maximum atomic E-state index is 8.24. The number of nitrogens with two attached hydrogens (primary N) is 2. The zero-order valence-corrected chi connectivity index (χ0v) is 11.0. The van der Waals surface area contributed by atoms with Crippen molar-refractivity contribution in [2.45, 2.75) is 25.4 Å². The molecule has 1 aromatic carbocycles. The number of rotatable bonds is 9. The molecule has 0 radical (unpaired) electrons. The molecular weight excluding hydrogens is 242 g/mol. The Balaban J connectivity index is 2.33. The predicted molar refractivity (Wildman–Crippen MR) is 75.5 cm³/mol. The second kappa shape index (κ2) is 9.35. The number of benzene rings is 1. The highest BCUT2D eigenvalue weighted by molar-refractivity contribution is 5.23. The minimum Gasteiger partial charge on any atom is -0.380 e. The fourth-order valence-corrected chi connectivity index (χ4v) is 1.72. The average Bonchev–Trinajstić information content (AvgIpc) is 2.43. The van der Waals surface area contributed by atoms with Gasteiger partial charge in [0.1, 0.15) is 0 Å². The molecule has 104 valence electrons. The molecule has 0 aliphatic rings. The first-order valence-corrected chi connectivity index (χ1v) is 6.38. The van der Waals surface area contributed by atoms with Crippen molar-refractivity contribution in [3.8, 4) is 0 Å². The third-order valence-electron chi connectivity index (χ3n) is 2.73. The van der Waals surface area contributed by atoms with Crippen LogP contribution in [0.15, 0.2) is 29.4 Å². The van der Waals surface area contributed by atoms with Gasteiger partial charge < -0.3 is 16.2 Å². The molecule has 6 nitrogen and oxygen atoms in total. The standard InChI is InChI=1S/C13H21N5O/c14-6-8-19-7-5-13(15)9-11-1-3-12(4-2-11)10-17-18-16/h1-4,13H,5-10,14-15H2. The van der Waals surface area contributed by atoms with Crippen molar-refractivity contribution in [3.63, 3.8) is 0 Å². The molecule has 0 spiro atoms. The van der Waals surface area contributed by atoms with Crippen LogP contribution in [0.5, 0.6) is 0 Å². The van der Waals surface area contributed by atoms with E-state index in [0.29, 0.717) is 26.3 Å². The number of ether oxygens (including phenoxy) is 1. The summed E-state index contributed by atoms with van der Waals surface area (Å²) in [5.74, 6) is 0. The van der Waals surface area contributed by atoms with Gasteiger partial charge in [-0.25, -0.2) is 0 Å². The summed E-state index contributed by atoms with van der Waals surface area (Å²) in [6.45, 7) is 2.16. The van der Waals surface area contributed by atoms with Gasteiger partial charge in [0, 0.05) is 24.1 Å². The molecule has 0 saturated carbocycles. The predicted octanol–water partition coefficient (Wildman–Crippen LogP) is 1.73. The molecule has 0 saturated heterocycles. The maximum absolute atomic E-state index is 8.24. The SMILES string of the molecule is [N-]=[N+]=NCc1ccc(CC(N)CCOCCN)cc1. The monoisotopic (exact) mass is 263 g/mol. The van der Waals surface area contributed by atoms with Crippen LogP contribution in [-0.2, 0) is 17.7 Å². The molecule has 0 bridgehead atoms. The lowest BCUT2D eigenvalue weighted by Crippen LogP contribution is -2.25. The summed E-state index contributed by atoms with van der Waals surface area (Å²) < 4.78 is 5.30. The van der Waals surface area contributed by atoms with Crippen molar-refractivity contribution >= 4 is 0 Å². The quantitative estimate of drug-likeness (QED) is 0.306. The van der Waals surface area contributed by atoms with Gasteiger partial charge in [0.05, 0.1) is 13.2 Å². The molecule has 4 N–H and O–H groups in total. The van der Waals surface area contributed by atoms with Crippen LogP contribution in [0.3, 0.4) is 0 Å². The lowest BCUT2D eigenvalue weighted by molar-refractivity contribution is 0.134. The van der Waals surface area contributed by atoms with Crippen LogP contribution in [0.4, 0.5) is 0 Å². The van der Waals surface area contributed by atoms with Gasteiger partial charge in [0.25, 0.3) is 0 Å². The molecule has 19 heavy (non-hydrogen) atoms. The fourth-order valence-electron chi connectivity index (χ4n) is 1.72. The Morgan fingerprint density at radius 2 is 1.89 bits per heavy atom. The van der Waals surface area contributed by atoms with E-state index >= 15 is 0 Å². The van der Waals surface area contributed by atoms with E-state index in [1.54, 1.807) is 0 Å². The van der Waals surface area contributed by atoms with Crippen LogP contribution < -0.4 is 11.5 Å². The Morgan fingerprint density at radius 1 is 1.21 bits per heavy atom. The van der Waals surface area contributed by atoms with Crippen molar-refractivity contribution in [1.29, 1.82) is 0 Å². The molecule has 0 fully saturated rings. The third-order valence-corrected chi connectivity index (χ3v) is 2.73. The fraction of sp³-hybridized carbons (Fsp3) is 0.538. The number of hydrogen-bond acceptors (Lipinski definition) is 4. The van der Waals surface area contributed by atoms with Crippen molar-refractivity contribution in [1.82, 2.24) is 0 Å². The van der Waals surface area contributed by atoms with Gasteiger partial charge in [-0.2, -0.15) is 0 Å². The van der Waals surface area contributed by atoms with Crippen LogP contribution in [0.2, 0.25) is 0 Å². The topological polar surface area (TPSA) is 110 Å². The van der Waals surface area contributed by atoms with E-state index in [-0.39, 0.29) is 6.04 Å². The van der Waals surface area contributed by atoms with Crippen LogP contribution in [0.1, 0.15) is 17.5 Å². The molecule has 0 amide bonds. The molecule has 1 rings (SSSR count). The van der Waals surface area contributed by atoms with Crippen molar-refractivity contribution < 1.29 is 4.74 Å². The largest absolute Gasteiger partial charge is 0.380 e. The molecule has 0 aliphatic heterocycles. The highest BCUT2D eigenvalue weighted by Crippen LogP contribution is 2.08. The average molecular weight is 263 g/mol. The summed E-state index contributed by atoms with van der Waals surface area (Å²) in [4.78, 5) is 2.73. The number of azide groups is 1. The van der Waals surface area contributed by atoms with Crippen molar-refractivity contribution in [2.75, 3.05) is 19.8 Å². The Morgan fingerprint density at radius 3 is 2.53 bits per heavy atom. The smallest absolute Gasteiger partial charge is 0.0588 e. The molecule has 1 aromatic rings. The highest BCUT2D eigenvalue weighted by Gasteiger charge is 2.04. The first-order chi connectivity index (χ1) is 9.26. The molecule has 0 aromatic heterocycles. The van der Waals surface area contributed by atoms with E-state index in [4.69, 9.17) is 21.7 Å². The number of hydrogen-bond donors (Lipinski definition) is 2. The molecule has 1 unspecified atom stereocenters. The van der Waals surface area contributed by atoms with E-state index in [1.807, 2.05) is 24.3 Å². The first kappa shape index (κ1) is 15.5. The highest BCUT2D eigenvalue weighted by atomic mass is 16.5. The normalized spacial score (nSPS) is 11.9. The Hall–Kier alpha value is -1.59. The molecule has 6 heteroatoms. The van der Waals surface area contributed by atoms with Crippen LogP contribution in [0.25, 0.3) is 10.4 Å². The van der Waals surface area contributed by atoms with E-state index in [9.17, 15) is 0 Å². The Labute approximate surface area is 113 Å². The lowest BCUT2D eigenvalue weighted by atomic mass is 10.0. The minimum atomic E-state index is 0.0840. The van der Waals surface area contributed by atoms with E-state index < -0.39 is 0 Å².